The van der Waals surface area contributed by atoms with Crippen LogP contribution < -0.4 is 11.5 Å². The molecule has 4 fully saturated rings. The second kappa shape index (κ2) is 9.62. The molecule has 0 aromatic heterocycles. The van der Waals surface area contributed by atoms with E-state index in [1.54, 1.807) is 0 Å². The molecule has 1 saturated carbocycles. The molecule has 4 aliphatic rings. The normalized spacial score (nSPS) is 54.0. The van der Waals surface area contributed by atoms with Crippen molar-refractivity contribution >= 4 is 0 Å². The molecule has 3 heterocycles. The summed E-state index contributed by atoms with van der Waals surface area (Å²) in [6.07, 6.45) is -11.4. The van der Waals surface area contributed by atoms with E-state index in [0.29, 0.717) is 12.8 Å². The van der Waals surface area contributed by atoms with Crippen LogP contribution in [0.15, 0.2) is 0 Å². The van der Waals surface area contributed by atoms with Crippen LogP contribution in [0.25, 0.3) is 0 Å². The zero-order chi connectivity index (χ0) is 23.2. The molecule has 13 atom stereocenters. The zero-order valence-electron chi connectivity index (χ0n) is 17.6. The minimum absolute atomic E-state index is 0.0327. The summed E-state index contributed by atoms with van der Waals surface area (Å²) in [5, 5.41) is 60.8. The lowest BCUT2D eigenvalue weighted by atomic mass is 9.69. The topological polar surface area (TPSA) is 220 Å². The molecule has 0 aromatic rings. The van der Waals surface area contributed by atoms with E-state index in [1.165, 1.54) is 0 Å². The molecule has 1 aliphatic carbocycles. The van der Waals surface area contributed by atoms with Crippen molar-refractivity contribution < 1.29 is 54.3 Å². The maximum absolute atomic E-state index is 10.8. The Hall–Kier alpha value is -0.520. The summed E-state index contributed by atoms with van der Waals surface area (Å²) < 4.78 is 28.7. The first kappa shape index (κ1) is 24.6. The van der Waals surface area contributed by atoms with Gasteiger partial charge >= 0.3 is 0 Å². The molecular weight excluding hydrogens is 432 g/mol. The van der Waals surface area contributed by atoms with Gasteiger partial charge in [0.25, 0.3) is 0 Å². The Kier molecular flexibility index (Phi) is 7.39. The quantitative estimate of drug-likeness (QED) is 0.184. The Morgan fingerprint density at radius 3 is 2.38 bits per heavy atom. The van der Waals surface area contributed by atoms with Crippen molar-refractivity contribution in [2.45, 2.75) is 98.4 Å². The molecule has 0 amide bonds. The van der Waals surface area contributed by atoms with Gasteiger partial charge in [-0.3, -0.25) is 0 Å². The Labute approximate surface area is 184 Å². The smallest absolute Gasteiger partial charge is 0.187 e. The van der Waals surface area contributed by atoms with Crippen molar-refractivity contribution in [1.82, 2.24) is 0 Å². The van der Waals surface area contributed by atoms with Gasteiger partial charge in [-0.15, -0.1) is 0 Å². The van der Waals surface area contributed by atoms with Gasteiger partial charge in [0, 0.05) is 13.0 Å². The molecule has 1 unspecified atom stereocenters. The van der Waals surface area contributed by atoms with Crippen LogP contribution in [0.4, 0.5) is 0 Å². The van der Waals surface area contributed by atoms with Crippen molar-refractivity contribution in [2.75, 3.05) is 19.8 Å². The molecule has 0 bridgehead atoms. The molecule has 13 nitrogen and oxygen atoms in total. The van der Waals surface area contributed by atoms with Crippen molar-refractivity contribution in [1.29, 1.82) is 0 Å². The van der Waals surface area contributed by atoms with E-state index >= 15 is 0 Å². The molecule has 0 spiro atoms. The molecule has 10 N–H and O–H groups in total. The second-order valence-electron chi connectivity index (χ2n) is 8.98. The summed E-state index contributed by atoms with van der Waals surface area (Å²) in [4.78, 5) is 0. The SMILES string of the molecule is NC[C@H]1O[C@H](OC23CC[C@H]2OC[C@@H](N)[C@H]3O)C[C@@H](O)[C@@H]1O[C@H]1O[C@H](CO)[C@@H](O)[C@H](O)[C@H]1O. The fraction of sp³-hybridized carbons (Fsp3) is 1.00. The summed E-state index contributed by atoms with van der Waals surface area (Å²) in [6.45, 7) is -0.458. The minimum Gasteiger partial charge on any atom is -0.394 e. The van der Waals surface area contributed by atoms with Crippen LogP contribution in [0.5, 0.6) is 0 Å². The first-order chi connectivity index (χ1) is 15.2. The van der Waals surface area contributed by atoms with Crippen LogP contribution in [-0.4, -0.2) is 130 Å². The minimum atomic E-state index is -1.63. The molecule has 0 aromatic carbocycles. The summed E-state index contributed by atoms with van der Waals surface area (Å²) in [5.74, 6) is 0. The van der Waals surface area contributed by atoms with E-state index in [-0.39, 0.29) is 25.7 Å². The van der Waals surface area contributed by atoms with E-state index in [4.69, 9.17) is 35.2 Å². The largest absolute Gasteiger partial charge is 0.394 e. The van der Waals surface area contributed by atoms with Crippen molar-refractivity contribution in [3.05, 3.63) is 0 Å². The van der Waals surface area contributed by atoms with Crippen LogP contribution in [0, 0.1) is 0 Å². The predicted octanol–water partition coefficient (Wildman–Crippen LogP) is -4.76. The number of aliphatic hydroxyl groups is 6. The van der Waals surface area contributed by atoms with Gasteiger partial charge in [0.05, 0.1) is 31.5 Å². The molecule has 0 radical (unpaired) electrons. The number of fused-ring (bicyclic) bond motifs is 1. The summed E-state index contributed by atoms with van der Waals surface area (Å²) in [7, 11) is 0. The molecule has 3 saturated heterocycles. The zero-order valence-corrected chi connectivity index (χ0v) is 17.6. The summed E-state index contributed by atoms with van der Waals surface area (Å²) >= 11 is 0. The van der Waals surface area contributed by atoms with Gasteiger partial charge in [-0.1, -0.05) is 0 Å². The van der Waals surface area contributed by atoms with Crippen LogP contribution in [0.3, 0.4) is 0 Å². The molecule has 13 heteroatoms. The third-order valence-electron chi connectivity index (χ3n) is 6.97. The molecule has 3 aliphatic heterocycles. The average molecular weight is 466 g/mol. The highest BCUT2D eigenvalue weighted by molar-refractivity contribution is 5.10. The Balaban J connectivity index is 1.42. The highest BCUT2D eigenvalue weighted by atomic mass is 16.7. The van der Waals surface area contributed by atoms with Gasteiger partial charge in [0.2, 0.25) is 0 Å². The highest BCUT2D eigenvalue weighted by Gasteiger charge is 2.60. The van der Waals surface area contributed by atoms with E-state index in [9.17, 15) is 30.6 Å². The number of rotatable bonds is 6. The van der Waals surface area contributed by atoms with Gasteiger partial charge in [0.15, 0.2) is 12.6 Å². The first-order valence-electron chi connectivity index (χ1n) is 10.9. The number of ether oxygens (including phenoxy) is 5. The van der Waals surface area contributed by atoms with Crippen LogP contribution in [0.1, 0.15) is 19.3 Å². The van der Waals surface area contributed by atoms with Gasteiger partial charge in [-0.05, 0) is 12.8 Å². The van der Waals surface area contributed by atoms with Crippen molar-refractivity contribution in [3.8, 4) is 0 Å². The van der Waals surface area contributed by atoms with Gasteiger partial charge in [-0.25, -0.2) is 0 Å². The third kappa shape index (κ3) is 4.20. The standard InChI is InChI=1S/C19H34N2O11/c20-4-9-16(31-18-15(26)14(25)13(24)10(5-22)30-18)8(23)3-12(29-9)32-19-2-1-11(19)28-6-7(21)17(19)27/h7-18,22-27H,1-6,20-21H2/t7-,8-,9-,10-,11-,12-,13-,14+,15-,16+,17-,18-,19?/m1/s1. The summed E-state index contributed by atoms with van der Waals surface area (Å²) in [6, 6.07) is -0.604. The lowest BCUT2D eigenvalue weighted by Crippen LogP contribution is -2.72. The van der Waals surface area contributed by atoms with Gasteiger partial charge < -0.3 is 65.8 Å². The van der Waals surface area contributed by atoms with Crippen molar-refractivity contribution in [3.63, 3.8) is 0 Å². The average Bonchev–Trinajstić information content (AvgIpc) is 2.76. The lowest BCUT2D eigenvalue weighted by molar-refractivity contribution is -0.371. The molecule has 32 heavy (non-hydrogen) atoms. The monoisotopic (exact) mass is 466 g/mol. The molecule has 4 rings (SSSR count). The van der Waals surface area contributed by atoms with Crippen molar-refractivity contribution in [2.24, 2.45) is 11.5 Å². The number of hydrogen-bond donors (Lipinski definition) is 8. The first-order valence-corrected chi connectivity index (χ1v) is 10.9. The number of hydrogen-bond acceptors (Lipinski definition) is 13. The van der Waals surface area contributed by atoms with E-state index in [1.807, 2.05) is 0 Å². The number of nitrogens with two attached hydrogens (primary N) is 2. The highest BCUT2D eigenvalue weighted by Crippen LogP contribution is 2.46. The lowest BCUT2D eigenvalue weighted by Gasteiger charge is -2.57. The predicted molar refractivity (Wildman–Crippen MR) is 104 cm³/mol. The fourth-order valence-electron chi connectivity index (χ4n) is 4.93. The van der Waals surface area contributed by atoms with Gasteiger partial charge in [0.1, 0.15) is 48.3 Å². The molecular formula is C19H34N2O11. The van der Waals surface area contributed by atoms with Crippen LogP contribution in [0.2, 0.25) is 0 Å². The third-order valence-corrected chi connectivity index (χ3v) is 6.97. The maximum Gasteiger partial charge on any atom is 0.187 e. The van der Waals surface area contributed by atoms with E-state index < -0.39 is 79.7 Å². The maximum atomic E-state index is 10.8. The van der Waals surface area contributed by atoms with Crippen LogP contribution in [-0.2, 0) is 23.7 Å². The summed E-state index contributed by atoms with van der Waals surface area (Å²) in [5.41, 5.74) is 10.7. The Bertz CT molecular complexity index is 644. The Morgan fingerprint density at radius 2 is 1.75 bits per heavy atom. The van der Waals surface area contributed by atoms with Gasteiger partial charge in [-0.2, -0.15) is 0 Å². The van der Waals surface area contributed by atoms with E-state index in [0.717, 1.165) is 0 Å². The van der Waals surface area contributed by atoms with Crippen LogP contribution >= 0.6 is 0 Å². The number of aliphatic hydroxyl groups excluding tert-OH is 6. The second-order valence-corrected chi connectivity index (χ2v) is 8.98. The molecule has 186 valence electrons. The Morgan fingerprint density at radius 1 is 1.00 bits per heavy atom. The van der Waals surface area contributed by atoms with E-state index in [2.05, 4.69) is 0 Å². The fourth-order valence-corrected chi connectivity index (χ4v) is 4.93.